The van der Waals surface area contributed by atoms with E-state index in [0.29, 0.717) is 6.42 Å². The molecule has 0 aliphatic carbocycles. The molecule has 76 valence electrons. The molecule has 3 heteroatoms. The Morgan fingerprint density at radius 3 is 2.93 bits per heavy atom. The summed E-state index contributed by atoms with van der Waals surface area (Å²) in [4.78, 5) is 15.7. The fraction of sp³-hybridized carbons (Fsp3) is 0.455. The molecular formula is C11H16N2O. The number of carbonyl (C=O) groups excluding carboxylic acids is 1. The van der Waals surface area contributed by atoms with Gasteiger partial charge in [0.2, 0.25) is 0 Å². The van der Waals surface area contributed by atoms with E-state index >= 15 is 0 Å². The zero-order valence-corrected chi connectivity index (χ0v) is 8.66. The molecule has 1 aromatic heterocycles. The minimum atomic E-state index is 0.0574. The van der Waals surface area contributed by atoms with Crippen LogP contribution in [-0.4, -0.2) is 24.4 Å². The third kappa shape index (κ3) is 3.26. The Morgan fingerprint density at radius 1 is 1.57 bits per heavy atom. The number of nitrogens with one attached hydrogen (secondary N) is 1. The molecule has 0 saturated heterocycles. The number of pyridine rings is 1. The second-order valence-electron chi connectivity index (χ2n) is 3.42. The molecule has 0 radical (unpaired) electrons. The van der Waals surface area contributed by atoms with Gasteiger partial charge in [-0.1, -0.05) is 13.0 Å². The lowest BCUT2D eigenvalue weighted by atomic mass is 10.0. The molecule has 3 nitrogen and oxygen atoms in total. The van der Waals surface area contributed by atoms with Gasteiger partial charge in [-0.15, -0.1) is 0 Å². The minimum absolute atomic E-state index is 0.0574. The van der Waals surface area contributed by atoms with Gasteiger partial charge in [0.25, 0.3) is 0 Å². The van der Waals surface area contributed by atoms with E-state index in [2.05, 4.69) is 10.3 Å². The molecule has 0 amide bonds. The van der Waals surface area contributed by atoms with Gasteiger partial charge in [0, 0.05) is 30.8 Å². The molecule has 1 unspecified atom stereocenters. The van der Waals surface area contributed by atoms with Crippen LogP contribution in [0, 0.1) is 5.92 Å². The SMILES string of the molecule is CNCC(C)C(=O)Cc1ccccn1. The summed E-state index contributed by atoms with van der Waals surface area (Å²) in [5.41, 5.74) is 0.848. The summed E-state index contributed by atoms with van der Waals surface area (Å²) in [5.74, 6) is 0.292. The first-order chi connectivity index (χ1) is 6.74. The molecule has 1 aromatic rings. The molecule has 0 spiro atoms. The third-order valence-corrected chi connectivity index (χ3v) is 2.14. The lowest BCUT2D eigenvalue weighted by Gasteiger charge is -2.08. The molecule has 0 fully saturated rings. The van der Waals surface area contributed by atoms with Crippen LogP contribution < -0.4 is 5.32 Å². The van der Waals surface area contributed by atoms with E-state index in [1.54, 1.807) is 6.20 Å². The van der Waals surface area contributed by atoms with Crippen molar-refractivity contribution in [3.63, 3.8) is 0 Å². The van der Waals surface area contributed by atoms with E-state index in [0.717, 1.165) is 12.2 Å². The number of rotatable bonds is 5. The molecule has 0 aromatic carbocycles. The van der Waals surface area contributed by atoms with Gasteiger partial charge >= 0.3 is 0 Å². The molecule has 1 heterocycles. The Labute approximate surface area is 84.6 Å². The lowest BCUT2D eigenvalue weighted by Crippen LogP contribution is -2.25. The quantitative estimate of drug-likeness (QED) is 0.758. The minimum Gasteiger partial charge on any atom is -0.319 e. The molecule has 1 N–H and O–H groups in total. The summed E-state index contributed by atoms with van der Waals surface area (Å²) in [6, 6.07) is 5.63. The summed E-state index contributed by atoms with van der Waals surface area (Å²) in [5, 5.41) is 2.99. The van der Waals surface area contributed by atoms with Crippen molar-refractivity contribution in [2.45, 2.75) is 13.3 Å². The first-order valence-electron chi connectivity index (χ1n) is 4.81. The van der Waals surface area contributed by atoms with Gasteiger partial charge in [0.15, 0.2) is 0 Å². The largest absolute Gasteiger partial charge is 0.319 e. The first-order valence-corrected chi connectivity index (χ1v) is 4.81. The van der Waals surface area contributed by atoms with Gasteiger partial charge in [-0.05, 0) is 19.2 Å². The molecule has 0 bridgehead atoms. The van der Waals surface area contributed by atoms with Crippen LogP contribution in [-0.2, 0) is 11.2 Å². The first kappa shape index (κ1) is 10.9. The maximum Gasteiger partial charge on any atom is 0.142 e. The highest BCUT2D eigenvalue weighted by Gasteiger charge is 2.12. The second kappa shape index (κ2) is 5.50. The van der Waals surface area contributed by atoms with Gasteiger partial charge < -0.3 is 5.32 Å². The van der Waals surface area contributed by atoms with Crippen LogP contribution >= 0.6 is 0 Å². The van der Waals surface area contributed by atoms with Crippen molar-refractivity contribution in [1.82, 2.24) is 10.3 Å². The number of hydrogen-bond acceptors (Lipinski definition) is 3. The lowest BCUT2D eigenvalue weighted by molar-refractivity contribution is -0.121. The summed E-state index contributed by atoms with van der Waals surface area (Å²) in [7, 11) is 1.85. The highest BCUT2D eigenvalue weighted by molar-refractivity contribution is 5.82. The number of Topliss-reactive ketones (excluding diaryl/α,β-unsaturated/α-hetero) is 1. The molecule has 1 atom stereocenters. The van der Waals surface area contributed by atoms with Crippen molar-refractivity contribution in [3.05, 3.63) is 30.1 Å². The van der Waals surface area contributed by atoms with Crippen LogP contribution in [0.4, 0.5) is 0 Å². The average Bonchev–Trinajstić information content (AvgIpc) is 2.19. The molecular weight excluding hydrogens is 176 g/mol. The maximum atomic E-state index is 11.6. The molecule has 14 heavy (non-hydrogen) atoms. The Hall–Kier alpha value is -1.22. The van der Waals surface area contributed by atoms with Gasteiger partial charge in [0.05, 0.1) is 0 Å². The standard InChI is InChI=1S/C11H16N2O/c1-9(8-12-2)11(14)7-10-5-3-4-6-13-10/h3-6,9,12H,7-8H2,1-2H3. The van der Waals surface area contributed by atoms with Crippen LogP contribution in [0.2, 0.25) is 0 Å². The fourth-order valence-corrected chi connectivity index (χ4v) is 1.28. The monoisotopic (exact) mass is 192 g/mol. The Bertz CT molecular complexity index is 285. The zero-order valence-electron chi connectivity index (χ0n) is 8.66. The van der Waals surface area contributed by atoms with Crippen molar-refractivity contribution < 1.29 is 4.79 Å². The van der Waals surface area contributed by atoms with E-state index in [4.69, 9.17) is 0 Å². The molecule has 1 rings (SSSR count). The van der Waals surface area contributed by atoms with Crippen LogP contribution in [0.1, 0.15) is 12.6 Å². The van der Waals surface area contributed by atoms with Crippen LogP contribution in [0.3, 0.4) is 0 Å². The predicted molar refractivity (Wildman–Crippen MR) is 56.0 cm³/mol. The summed E-state index contributed by atoms with van der Waals surface area (Å²) < 4.78 is 0. The van der Waals surface area contributed by atoms with Crippen LogP contribution in [0.5, 0.6) is 0 Å². The van der Waals surface area contributed by atoms with Crippen LogP contribution in [0.15, 0.2) is 24.4 Å². The predicted octanol–water partition coefficient (Wildman–Crippen LogP) is 1.05. The third-order valence-electron chi connectivity index (χ3n) is 2.14. The highest BCUT2D eigenvalue weighted by atomic mass is 16.1. The number of ketones is 1. The Balaban J connectivity index is 2.49. The highest BCUT2D eigenvalue weighted by Crippen LogP contribution is 2.02. The number of aromatic nitrogens is 1. The Kier molecular flexibility index (Phi) is 4.26. The molecule has 0 aliphatic rings. The normalized spacial score (nSPS) is 12.4. The van der Waals surface area contributed by atoms with Crippen molar-refractivity contribution in [3.8, 4) is 0 Å². The maximum absolute atomic E-state index is 11.6. The van der Waals surface area contributed by atoms with Gasteiger partial charge in [-0.2, -0.15) is 0 Å². The summed E-state index contributed by atoms with van der Waals surface area (Å²) >= 11 is 0. The van der Waals surface area contributed by atoms with Crippen molar-refractivity contribution >= 4 is 5.78 Å². The van der Waals surface area contributed by atoms with Gasteiger partial charge in [-0.3, -0.25) is 9.78 Å². The number of carbonyl (C=O) groups is 1. The smallest absolute Gasteiger partial charge is 0.142 e. The Morgan fingerprint density at radius 2 is 2.36 bits per heavy atom. The van der Waals surface area contributed by atoms with E-state index in [1.165, 1.54) is 0 Å². The second-order valence-corrected chi connectivity index (χ2v) is 3.42. The molecule has 0 saturated carbocycles. The summed E-state index contributed by atoms with van der Waals surface area (Å²) in [6.07, 6.45) is 2.15. The van der Waals surface area contributed by atoms with Crippen molar-refractivity contribution in [2.24, 2.45) is 5.92 Å². The topological polar surface area (TPSA) is 42.0 Å². The fourth-order valence-electron chi connectivity index (χ4n) is 1.28. The number of hydrogen-bond donors (Lipinski definition) is 1. The number of nitrogens with zero attached hydrogens (tertiary/aromatic N) is 1. The van der Waals surface area contributed by atoms with Crippen LogP contribution in [0.25, 0.3) is 0 Å². The van der Waals surface area contributed by atoms with Crippen molar-refractivity contribution in [2.75, 3.05) is 13.6 Å². The molecule has 0 aliphatic heterocycles. The van der Waals surface area contributed by atoms with Crippen molar-refractivity contribution in [1.29, 1.82) is 0 Å². The van der Waals surface area contributed by atoms with Gasteiger partial charge in [0.1, 0.15) is 5.78 Å². The van der Waals surface area contributed by atoms with E-state index in [-0.39, 0.29) is 11.7 Å². The average molecular weight is 192 g/mol. The van der Waals surface area contributed by atoms with E-state index in [1.807, 2.05) is 32.2 Å². The van der Waals surface area contributed by atoms with Gasteiger partial charge in [-0.25, -0.2) is 0 Å². The summed E-state index contributed by atoms with van der Waals surface area (Å²) in [6.45, 7) is 2.66. The van der Waals surface area contributed by atoms with E-state index in [9.17, 15) is 4.79 Å². The van der Waals surface area contributed by atoms with E-state index < -0.39 is 0 Å². The zero-order chi connectivity index (χ0) is 10.4.